The van der Waals surface area contributed by atoms with Gasteiger partial charge in [0.1, 0.15) is 0 Å². The molecule has 0 unspecified atom stereocenters. The largest absolute Gasteiger partial charge is 0.484 e. The molecule has 0 spiro atoms. The first kappa shape index (κ1) is 14.8. The lowest BCUT2D eigenvalue weighted by molar-refractivity contribution is 0.476. The Labute approximate surface area is 130 Å². The molecule has 5 nitrogen and oxygen atoms in total. The molecule has 0 fully saturated rings. The normalized spacial score (nSPS) is 14.1. The topological polar surface area (TPSA) is 70.0 Å². The van der Waals surface area contributed by atoms with Crippen LogP contribution in [0.3, 0.4) is 0 Å². The zero-order chi connectivity index (χ0) is 15.9. The van der Waals surface area contributed by atoms with Gasteiger partial charge in [0.05, 0.1) is 11.1 Å². The predicted molar refractivity (Wildman–Crippen MR) is 86.6 cm³/mol. The quantitative estimate of drug-likeness (QED) is 0.842. The van der Waals surface area contributed by atoms with Gasteiger partial charge in [0, 0.05) is 0 Å². The van der Waals surface area contributed by atoms with Crippen LogP contribution in [0, 0.1) is 13.8 Å². The maximum Gasteiger partial charge on any atom is 0.484 e. The van der Waals surface area contributed by atoms with Crippen LogP contribution in [0.5, 0.6) is 0 Å². The van der Waals surface area contributed by atoms with Crippen molar-refractivity contribution < 1.29 is 13.4 Å². The van der Waals surface area contributed by atoms with Gasteiger partial charge in [-0.25, -0.2) is 8.42 Å². The van der Waals surface area contributed by atoms with Gasteiger partial charge in [-0.15, -0.1) is 0 Å². The molecule has 0 bridgehead atoms. The van der Waals surface area contributed by atoms with Crippen molar-refractivity contribution in [3.63, 3.8) is 0 Å². The average Bonchev–Trinajstić information content (AvgIpc) is 2.47. The molecule has 0 saturated carbocycles. The maximum absolute atomic E-state index is 12.6. The zero-order valence-corrected chi connectivity index (χ0v) is 13.1. The summed E-state index contributed by atoms with van der Waals surface area (Å²) in [6.07, 6.45) is 1.46. The molecule has 3 rings (SSSR count). The lowest BCUT2D eigenvalue weighted by Crippen LogP contribution is -2.52. The monoisotopic (exact) mass is 314 g/mol. The smallest absolute Gasteiger partial charge is 0.427 e. The number of hydrogen-bond donors (Lipinski definition) is 1. The molecule has 1 aliphatic heterocycles. The van der Waals surface area contributed by atoms with Crippen molar-refractivity contribution >= 4 is 28.8 Å². The first-order valence-electron chi connectivity index (χ1n) is 6.83. The summed E-state index contributed by atoms with van der Waals surface area (Å²) in [5.41, 5.74) is 3.23. The van der Waals surface area contributed by atoms with E-state index in [9.17, 15) is 13.4 Å². The molecule has 0 radical (unpaired) electrons. The summed E-state index contributed by atoms with van der Waals surface area (Å²) in [7, 11) is -5.22. The van der Waals surface area contributed by atoms with Crippen molar-refractivity contribution in [2.75, 3.05) is 0 Å². The molecule has 2 aromatic rings. The number of hydrogen-bond acceptors (Lipinski definition) is 4. The van der Waals surface area contributed by atoms with Gasteiger partial charge in [0.2, 0.25) is 0 Å². The molecule has 7 heteroatoms. The van der Waals surface area contributed by atoms with E-state index in [0.29, 0.717) is 5.46 Å². The van der Waals surface area contributed by atoms with Gasteiger partial charge in [-0.05, 0) is 37.0 Å². The fourth-order valence-electron chi connectivity index (χ4n) is 2.35. The van der Waals surface area contributed by atoms with E-state index >= 15 is 0 Å². The third kappa shape index (κ3) is 2.42. The van der Waals surface area contributed by atoms with Crippen molar-refractivity contribution in [2.24, 2.45) is 5.10 Å². The summed E-state index contributed by atoms with van der Waals surface area (Å²) in [5, 5.41) is 14.3. The zero-order valence-electron chi connectivity index (χ0n) is 12.3. The van der Waals surface area contributed by atoms with E-state index in [1.807, 2.05) is 26.0 Å². The van der Waals surface area contributed by atoms with Gasteiger partial charge in [-0.1, -0.05) is 41.5 Å². The second-order valence-corrected chi connectivity index (χ2v) is 7.14. The summed E-state index contributed by atoms with van der Waals surface area (Å²) in [5.74, 6) is 0. The van der Waals surface area contributed by atoms with Crippen LogP contribution in [-0.2, 0) is 10.0 Å². The van der Waals surface area contributed by atoms with E-state index in [-0.39, 0.29) is 4.90 Å². The van der Waals surface area contributed by atoms with Gasteiger partial charge in [-0.2, -0.15) is 9.43 Å². The molecule has 0 amide bonds. The lowest BCUT2D eigenvalue weighted by atomic mass is 9.71. The third-order valence-electron chi connectivity index (χ3n) is 3.61. The highest BCUT2D eigenvalue weighted by Crippen LogP contribution is 2.20. The predicted octanol–water partition coefficient (Wildman–Crippen LogP) is 1.03. The van der Waals surface area contributed by atoms with Gasteiger partial charge >= 0.3 is 7.05 Å². The fourth-order valence-corrected chi connectivity index (χ4v) is 3.60. The minimum atomic E-state index is -3.90. The van der Waals surface area contributed by atoms with E-state index < -0.39 is 17.1 Å². The molecule has 22 heavy (non-hydrogen) atoms. The molecule has 0 aromatic heterocycles. The minimum Gasteiger partial charge on any atom is -0.427 e. The van der Waals surface area contributed by atoms with E-state index in [4.69, 9.17) is 0 Å². The van der Waals surface area contributed by atoms with E-state index in [1.54, 1.807) is 18.2 Å². The van der Waals surface area contributed by atoms with Crippen LogP contribution in [0.25, 0.3) is 0 Å². The van der Waals surface area contributed by atoms with Gasteiger partial charge < -0.3 is 5.02 Å². The Kier molecular flexibility index (Phi) is 3.54. The molecule has 2 aromatic carbocycles. The van der Waals surface area contributed by atoms with Crippen molar-refractivity contribution in [1.29, 1.82) is 0 Å². The Morgan fingerprint density at radius 1 is 1.05 bits per heavy atom. The molecule has 0 aliphatic carbocycles. The van der Waals surface area contributed by atoms with Crippen molar-refractivity contribution in [2.45, 2.75) is 18.7 Å². The van der Waals surface area contributed by atoms with Crippen molar-refractivity contribution in [1.82, 2.24) is 4.33 Å². The number of nitrogens with zero attached hydrogens (tertiary/aromatic N) is 2. The summed E-state index contributed by atoms with van der Waals surface area (Å²) in [6, 6.07) is 11.9. The average molecular weight is 314 g/mol. The fraction of sp³-hybridized carbons (Fsp3) is 0.133. The number of sulfonamides is 1. The first-order valence-corrected chi connectivity index (χ1v) is 8.27. The second kappa shape index (κ2) is 5.26. The molecule has 0 atom stereocenters. The highest BCUT2D eigenvalue weighted by atomic mass is 32.2. The molecule has 0 saturated heterocycles. The highest BCUT2D eigenvalue weighted by Gasteiger charge is 2.38. The molecular formula is C15H15BN2O3S. The van der Waals surface area contributed by atoms with Crippen LogP contribution in [-0.4, -0.2) is 31.0 Å². The van der Waals surface area contributed by atoms with Gasteiger partial charge in [0.15, 0.2) is 0 Å². The second-order valence-electron chi connectivity index (χ2n) is 5.34. The number of hydrazone groups is 1. The Hall–Kier alpha value is -2.12. The summed E-state index contributed by atoms with van der Waals surface area (Å²) in [4.78, 5) is 0.102. The van der Waals surface area contributed by atoms with E-state index in [1.165, 1.54) is 18.3 Å². The number of benzene rings is 2. The Balaban J connectivity index is 2.03. The third-order valence-corrected chi connectivity index (χ3v) is 5.26. The van der Waals surface area contributed by atoms with Crippen LogP contribution < -0.4 is 5.46 Å². The SMILES string of the molecule is Cc1ccc(S(=O)(=O)N2N=Cc3cc(C)ccc3B2O)cc1. The number of rotatable bonds is 2. The summed E-state index contributed by atoms with van der Waals surface area (Å²) in [6.45, 7) is 3.80. The Morgan fingerprint density at radius 3 is 2.36 bits per heavy atom. The molecule has 1 aliphatic rings. The molecule has 1 N–H and O–H groups in total. The summed E-state index contributed by atoms with van der Waals surface area (Å²) >= 11 is 0. The number of aryl methyl sites for hydroxylation is 2. The van der Waals surface area contributed by atoms with Crippen LogP contribution in [0.2, 0.25) is 0 Å². The Morgan fingerprint density at radius 2 is 1.68 bits per heavy atom. The lowest BCUT2D eigenvalue weighted by Gasteiger charge is -2.26. The van der Waals surface area contributed by atoms with Gasteiger partial charge in [-0.3, -0.25) is 0 Å². The van der Waals surface area contributed by atoms with E-state index in [2.05, 4.69) is 5.10 Å². The standard InChI is InChI=1S/C15H15BN2O3S/c1-11-3-6-14(7-4-11)22(20,21)18-16(19)15-8-5-12(2)9-13(15)10-17-18/h3-10,19H,1-2H3. The maximum atomic E-state index is 12.6. The van der Waals surface area contributed by atoms with Crippen LogP contribution >= 0.6 is 0 Å². The van der Waals surface area contributed by atoms with Crippen LogP contribution in [0.15, 0.2) is 52.5 Å². The van der Waals surface area contributed by atoms with Crippen LogP contribution in [0.1, 0.15) is 16.7 Å². The van der Waals surface area contributed by atoms with Crippen LogP contribution in [0.4, 0.5) is 0 Å². The molecular weight excluding hydrogens is 299 g/mol. The molecule has 1 heterocycles. The Bertz CT molecular complexity index is 848. The van der Waals surface area contributed by atoms with Crippen molar-refractivity contribution in [3.8, 4) is 0 Å². The molecule has 112 valence electrons. The first-order chi connectivity index (χ1) is 10.4. The number of fused-ring (bicyclic) bond motifs is 1. The minimum absolute atomic E-state index is 0.102. The summed E-state index contributed by atoms with van der Waals surface area (Å²) < 4.78 is 26.0. The van der Waals surface area contributed by atoms with E-state index in [0.717, 1.165) is 21.0 Å². The van der Waals surface area contributed by atoms with Crippen molar-refractivity contribution in [3.05, 3.63) is 59.2 Å². The van der Waals surface area contributed by atoms with Gasteiger partial charge in [0.25, 0.3) is 10.0 Å². The highest BCUT2D eigenvalue weighted by molar-refractivity contribution is 7.90.